The number of Topliss-reactive ketones (excluding diaryl/α,β-unsaturated/α-hetero) is 1. The van der Waals surface area contributed by atoms with Crippen LogP contribution in [-0.2, 0) is 42.8 Å². The van der Waals surface area contributed by atoms with Crippen molar-refractivity contribution in [1.82, 2.24) is 0 Å². The van der Waals surface area contributed by atoms with Gasteiger partial charge in [0.25, 0.3) is 5.79 Å². The Bertz CT molecular complexity index is 3150. The number of phenolic OH excluding ortho intramolecular Hbond substituents is 11. The molecule has 1 saturated heterocycles. The first-order valence-corrected chi connectivity index (χ1v) is 20.2. The standard InChI is InChI=1S/C44H32O27/c1-10(45)8-43(63)22(51)7-15-26-25-14(6-20(50)30(55)34(25)71-44(26,43)64)40(61)67-33-21-9-65-38(59)12-4-18(48)28(53)31(56)23(12)24-13(5-19(49)29(54)32(24)57)39(60)68-35(33)36(69-41(15)62)42(66-21)70-37(58)11-2-16(46)27(52)17(47)3-11/h2-7,21,26,33,35-36,42,46-50,52-57,63-64H,8-9H2,1H3/t21-,26+,33-,35+,36-,42+,43-,44-/m1/s1. The number of carbonyl (C=O) groups excluding carboxylic acids is 7. The van der Waals surface area contributed by atoms with Crippen molar-refractivity contribution in [3.63, 3.8) is 0 Å². The monoisotopic (exact) mass is 992 g/mol. The minimum absolute atomic E-state index is 0.338. The summed E-state index contributed by atoms with van der Waals surface area (Å²) in [4.78, 5) is 98.4. The fourth-order valence-electron chi connectivity index (χ4n) is 8.90. The van der Waals surface area contributed by atoms with Gasteiger partial charge in [0.05, 0.1) is 33.7 Å². The van der Waals surface area contributed by atoms with Crippen LogP contribution in [0.1, 0.15) is 66.3 Å². The molecule has 9 rings (SSSR count). The van der Waals surface area contributed by atoms with Crippen LogP contribution in [0.3, 0.4) is 0 Å². The van der Waals surface area contributed by atoms with Gasteiger partial charge in [-0.25, -0.2) is 24.0 Å². The van der Waals surface area contributed by atoms with Gasteiger partial charge in [-0.3, -0.25) is 9.59 Å². The third-order valence-electron chi connectivity index (χ3n) is 12.2. The quantitative estimate of drug-likeness (QED) is 0.0723. The molecule has 0 unspecified atom stereocenters. The first-order valence-electron chi connectivity index (χ1n) is 20.2. The highest BCUT2D eigenvalue weighted by Crippen LogP contribution is 2.61. The largest absolute Gasteiger partial charge is 0.504 e. The Balaban J connectivity index is 1.30. The van der Waals surface area contributed by atoms with Crippen LogP contribution >= 0.6 is 0 Å². The molecule has 1 aliphatic carbocycles. The van der Waals surface area contributed by atoms with Gasteiger partial charge in [-0.1, -0.05) is 0 Å². The topological polar surface area (TPSA) is 447 Å². The van der Waals surface area contributed by atoms with Crippen molar-refractivity contribution in [1.29, 1.82) is 0 Å². The fourth-order valence-corrected chi connectivity index (χ4v) is 8.90. The maximum absolute atomic E-state index is 14.8. The normalized spacial score (nSPS) is 26.4. The number of phenols is 11. The lowest BCUT2D eigenvalue weighted by Gasteiger charge is -2.45. The summed E-state index contributed by atoms with van der Waals surface area (Å²) in [7, 11) is 0. The molecule has 1 fully saturated rings. The van der Waals surface area contributed by atoms with E-state index < -0.39 is 216 Å². The number of fused-ring (bicyclic) bond motifs is 3. The Kier molecular flexibility index (Phi) is 10.5. The minimum Gasteiger partial charge on any atom is -0.504 e. The van der Waals surface area contributed by atoms with Crippen LogP contribution in [0.5, 0.6) is 69.0 Å². The summed E-state index contributed by atoms with van der Waals surface area (Å²) < 4.78 is 39.7. The maximum Gasteiger partial charge on any atom is 0.340 e. The molecular formula is C44H32O27. The molecule has 71 heavy (non-hydrogen) atoms. The highest BCUT2D eigenvalue weighted by atomic mass is 16.7. The maximum atomic E-state index is 14.8. The number of ether oxygens (including phenoxy) is 7. The van der Waals surface area contributed by atoms with E-state index in [9.17, 15) is 99.9 Å². The Morgan fingerprint density at radius 2 is 1.13 bits per heavy atom. The second kappa shape index (κ2) is 15.9. The van der Waals surface area contributed by atoms with E-state index in [0.29, 0.717) is 36.4 Å². The van der Waals surface area contributed by atoms with Crippen LogP contribution in [0, 0.1) is 0 Å². The number of hydrogen-bond donors (Lipinski definition) is 13. The van der Waals surface area contributed by atoms with Crippen molar-refractivity contribution in [3.8, 4) is 80.1 Å². The molecule has 0 saturated carbocycles. The molecule has 0 radical (unpaired) electrons. The van der Waals surface area contributed by atoms with Crippen molar-refractivity contribution in [2.45, 2.75) is 61.4 Å². The zero-order chi connectivity index (χ0) is 51.7. The van der Waals surface area contributed by atoms with Gasteiger partial charge in [-0.2, -0.15) is 0 Å². The molecule has 4 aromatic rings. The van der Waals surface area contributed by atoms with E-state index in [1.54, 1.807) is 0 Å². The summed E-state index contributed by atoms with van der Waals surface area (Å²) in [5.41, 5.74) is -11.4. The van der Waals surface area contributed by atoms with Crippen LogP contribution in [0.2, 0.25) is 0 Å². The number of esters is 5. The molecule has 13 N–H and O–H groups in total. The molecule has 4 bridgehead atoms. The highest BCUT2D eigenvalue weighted by molar-refractivity contribution is 6.11. The smallest absolute Gasteiger partial charge is 0.340 e. The van der Waals surface area contributed by atoms with Crippen LogP contribution in [-0.4, -0.2) is 156 Å². The molecule has 4 aromatic carbocycles. The Morgan fingerprint density at radius 3 is 1.72 bits per heavy atom. The van der Waals surface area contributed by atoms with E-state index in [1.165, 1.54) is 0 Å². The average Bonchev–Trinajstić information content (AvgIpc) is 3.63. The van der Waals surface area contributed by atoms with Gasteiger partial charge < -0.3 is 99.5 Å². The lowest BCUT2D eigenvalue weighted by molar-refractivity contribution is -0.287. The van der Waals surface area contributed by atoms with Crippen molar-refractivity contribution in [2.75, 3.05) is 6.61 Å². The van der Waals surface area contributed by atoms with Crippen molar-refractivity contribution >= 4 is 41.4 Å². The zero-order valence-corrected chi connectivity index (χ0v) is 35.4. The fraction of sp³-hybridized carbons (Fsp3) is 0.250. The van der Waals surface area contributed by atoms with Gasteiger partial charge in [0.1, 0.15) is 18.5 Å². The lowest BCUT2D eigenvalue weighted by atomic mass is 9.67. The number of rotatable bonds is 4. The number of benzene rings is 4. The van der Waals surface area contributed by atoms with Crippen LogP contribution in [0.15, 0.2) is 42.0 Å². The second-order valence-corrected chi connectivity index (χ2v) is 16.5. The zero-order valence-electron chi connectivity index (χ0n) is 35.4. The predicted octanol–water partition coefficient (Wildman–Crippen LogP) is -0.0722. The second-order valence-electron chi connectivity index (χ2n) is 16.5. The summed E-state index contributed by atoms with van der Waals surface area (Å²) in [6.45, 7) is -0.407. The van der Waals surface area contributed by atoms with Crippen molar-refractivity contribution in [3.05, 3.63) is 69.8 Å². The van der Waals surface area contributed by atoms with E-state index in [4.69, 9.17) is 33.2 Å². The number of carbonyl (C=O) groups is 7. The molecule has 370 valence electrons. The van der Waals surface area contributed by atoms with Gasteiger partial charge >= 0.3 is 29.8 Å². The third kappa shape index (κ3) is 6.88. The van der Waals surface area contributed by atoms with Crippen molar-refractivity contribution < 1.29 is 133 Å². The molecule has 4 aliphatic heterocycles. The van der Waals surface area contributed by atoms with Gasteiger partial charge in [0.2, 0.25) is 29.6 Å². The number of cyclic esters (lactones) is 1. The molecule has 27 heteroatoms. The van der Waals surface area contributed by atoms with E-state index >= 15 is 0 Å². The van der Waals surface area contributed by atoms with Crippen LogP contribution in [0.25, 0.3) is 11.1 Å². The van der Waals surface area contributed by atoms with E-state index in [2.05, 4.69) is 0 Å². The molecule has 8 atom stereocenters. The number of aromatic hydroxyl groups is 11. The predicted molar refractivity (Wildman–Crippen MR) is 217 cm³/mol. The molecule has 0 spiro atoms. The highest BCUT2D eigenvalue weighted by Gasteiger charge is 2.71. The molecule has 5 aliphatic rings. The number of aliphatic hydroxyl groups is 2. The summed E-state index contributed by atoms with van der Waals surface area (Å²) in [5.74, 6) is -32.4. The van der Waals surface area contributed by atoms with Crippen molar-refractivity contribution in [2.24, 2.45) is 0 Å². The van der Waals surface area contributed by atoms with Crippen LogP contribution < -0.4 is 4.74 Å². The van der Waals surface area contributed by atoms with Gasteiger partial charge in [0, 0.05) is 23.1 Å². The lowest BCUT2D eigenvalue weighted by Crippen LogP contribution is -2.67. The van der Waals surface area contributed by atoms with E-state index in [1.807, 2.05) is 0 Å². The SMILES string of the molecule is CC(=O)C[C@@]1(O)C(=O)C=C2C(=O)O[C@H]3[C@H](OC(=O)c4cc(O)c(O)c(O)c4)O[C@@H]4COC(=O)c5cc(O)c(O)c(O)c5-c5c(cc(O)c(O)c5O)C(=O)O[C@H]3[C@@H]4OC(=O)c3cc(O)c(O)c4c3[C@H]2[C@@]1(O)O4. The number of ketones is 2. The first-order chi connectivity index (χ1) is 33.3. The Morgan fingerprint density at radius 1 is 0.620 bits per heavy atom. The van der Waals surface area contributed by atoms with Gasteiger partial charge in [-0.15, -0.1) is 0 Å². The summed E-state index contributed by atoms with van der Waals surface area (Å²) in [5, 5.41) is 141. The summed E-state index contributed by atoms with van der Waals surface area (Å²) in [6, 6.07) is 2.44. The molecule has 0 amide bonds. The molecule has 0 aromatic heterocycles. The third-order valence-corrected chi connectivity index (χ3v) is 12.2. The molecule has 27 nitrogen and oxygen atoms in total. The summed E-state index contributed by atoms with van der Waals surface area (Å²) in [6.07, 6.45) is -13.2. The van der Waals surface area contributed by atoms with Crippen LogP contribution in [0.4, 0.5) is 0 Å². The van der Waals surface area contributed by atoms with Gasteiger partial charge in [0.15, 0.2) is 75.3 Å². The van der Waals surface area contributed by atoms with E-state index in [-0.39, 0.29) is 0 Å². The number of hydrogen-bond acceptors (Lipinski definition) is 27. The average molecular weight is 993 g/mol. The minimum atomic E-state index is -3.56. The first kappa shape index (κ1) is 46.9. The molecule has 4 heterocycles. The van der Waals surface area contributed by atoms with E-state index in [0.717, 1.165) is 6.92 Å². The summed E-state index contributed by atoms with van der Waals surface area (Å²) >= 11 is 0. The van der Waals surface area contributed by atoms with Gasteiger partial charge in [-0.05, 0) is 43.3 Å². The Labute approximate surface area is 391 Å². The Hall–Kier alpha value is -9.21. The molecular weight excluding hydrogens is 960 g/mol.